The fourth-order valence-corrected chi connectivity index (χ4v) is 3.80. The zero-order valence-corrected chi connectivity index (χ0v) is 15.4. The van der Waals surface area contributed by atoms with Crippen LogP contribution in [0.2, 0.25) is 0 Å². The van der Waals surface area contributed by atoms with E-state index in [1.165, 1.54) is 11.3 Å². The Kier molecular flexibility index (Phi) is 7.09. The highest BCUT2D eigenvalue weighted by Gasteiger charge is 2.24. The number of rotatable bonds is 4. The van der Waals surface area contributed by atoms with Crippen molar-refractivity contribution in [1.82, 2.24) is 10.2 Å². The highest BCUT2D eigenvalue weighted by atomic mass is 35.5. The molecule has 1 saturated heterocycles. The van der Waals surface area contributed by atoms with Gasteiger partial charge in [0.25, 0.3) is 5.91 Å². The molecule has 2 heterocycles. The maximum absolute atomic E-state index is 12.9. The van der Waals surface area contributed by atoms with E-state index in [9.17, 15) is 4.79 Å². The van der Waals surface area contributed by atoms with E-state index in [-0.39, 0.29) is 18.3 Å². The number of nitrogens with one attached hydrogen (secondary N) is 1. The first-order chi connectivity index (χ1) is 11.3. The number of halogens is 1. The summed E-state index contributed by atoms with van der Waals surface area (Å²) in [6.07, 6.45) is 0.993. The van der Waals surface area contributed by atoms with E-state index in [4.69, 9.17) is 4.74 Å². The van der Waals surface area contributed by atoms with Crippen molar-refractivity contribution in [2.75, 3.05) is 32.8 Å². The average Bonchev–Trinajstić information content (AvgIpc) is 2.82. The Morgan fingerprint density at radius 3 is 2.79 bits per heavy atom. The molecular weight excluding hydrogens is 344 g/mol. The third kappa shape index (κ3) is 4.29. The molecule has 1 aromatic heterocycles. The summed E-state index contributed by atoms with van der Waals surface area (Å²) >= 11 is 1.52. The summed E-state index contributed by atoms with van der Waals surface area (Å²) in [6.45, 7) is 5.89. The summed E-state index contributed by atoms with van der Waals surface area (Å²) in [4.78, 5) is 16.6. The molecule has 0 spiro atoms. The monoisotopic (exact) mass is 366 g/mol. The molecule has 1 aliphatic heterocycles. The molecule has 6 heteroatoms. The van der Waals surface area contributed by atoms with Crippen LogP contribution in [-0.2, 0) is 0 Å². The molecule has 24 heavy (non-hydrogen) atoms. The molecule has 0 bridgehead atoms. The highest BCUT2D eigenvalue weighted by Crippen LogP contribution is 2.37. The molecule has 4 nitrogen and oxygen atoms in total. The molecular formula is C18H23ClN2O2S. The lowest BCUT2D eigenvalue weighted by Gasteiger charge is -2.19. The van der Waals surface area contributed by atoms with Gasteiger partial charge < -0.3 is 15.0 Å². The van der Waals surface area contributed by atoms with Crippen molar-refractivity contribution in [2.45, 2.75) is 13.3 Å². The minimum Gasteiger partial charge on any atom is -0.492 e. The largest absolute Gasteiger partial charge is 0.492 e. The molecule has 3 rings (SSSR count). The smallest absolute Gasteiger partial charge is 0.267 e. The van der Waals surface area contributed by atoms with Crippen LogP contribution in [0, 0.1) is 0 Å². The van der Waals surface area contributed by atoms with Crippen molar-refractivity contribution >= 4 is 29.7 Å². The number of carbonyl (C=O) groups is 1. The van der Waals surface area contributed by atoms with Crippen LogP contribution in [0.4, 0.5) is 0 Å². The summed E-state index contributed by atoms with van der Waals surface area (Å²) in [7, 11) is 0. The average molecular weight is 367 g/mol. The van der Waals surface area contributed by atoms with Gasteiger partial charge in [0.05, 0.1) is 6.61 Å². The van der Waals surface area contributed by atoms with Crippen molar-refractivity contribution in [3.8, 4) is 16.2 Å². The van der Waals surface area contributed by atoms with Gasteiger partial charge in [-0.05, 0) is 31.5 Å². The number of hydrogen-bond donors (Lipinski definition) is 1. The lowest BCUT2D eigenvalue weighted by Crippen LogP contribution is -2.33. The summed E-state index contributed by atoms with van der Waals surface area (Å²) in [5.74, 6) is 0.794. The number of benzene rings is 1. The molecule has 130 valence electrons. The molecule has 0 saturated carbocycles. The second kappa shape index (κ2) is 9.06. The van der Waals surface area contributed by atoms with Gasteiger partial charge in [0.15, 0.2) is 0 Å². The number of hydrogen-bond acceptors (Lipinski definition) is 4. The van der Waals surface area contributed by atoms with Crippen molar-refractivity contribution in [3.63, 3.8) is 0 Å². The second-order valence-electron chi connectivity index (χ2n) is 5.50. The topological polar surface area (TPSA) is 41.6 Å². The van der Waals surface area contributed by atoms with E-state index >= 15 is 0 Å². The van der Waals surface area contributed by atoms with E-state index in [2.05, 4.69) is 17.4 Å². The predicted molar refractivity (Wildman–Crippen MR) is 102 cm³/mol. The number of thiophene rings is 1. The van der Waals surface area contributed by atoms with Gasteiger partial charge in [-0.3, -0.25) is 4.79 Å². The summed E-state index contributed by atoms with van der Waals surface area (Å²) in [5, 5.41) is 3.33. The van der Waals surface area contributed by atoms with Crippen molar-refractivity contribution in [1.29, 1.82) is 0 Å². The Morgan fingerprint density at radius 1 is 1.25 bits per heavy atom. The van der Waals surface area contributed by atoms with Gasteiger partial charge in [0.1, 0.15) is 10.6 Å². The van der Waals surface area contributed by atoms with Crippen LogP contribution < -0.4 is 10.1 Å². The quantitative estimate of drug-likeness (QED) is 0.897. The van der Waals surface area contributed by atoms with Crippen molar-refractivity contribution in [2.24, 2.45) is 0 Å². The van der Waals surface area contributed by atoms with Gasteiger partial charge in [-0.1, -0.05) is 30.3 Å². The van der Waals surface area contributed by atoms with E-state index in [0.717, 1.165) is 43.0 Å². The van der Waals surface area contributed by atoms with E-state index < -0.39 is 0 Å². The Hall–Kier alpha value is -1.56. The van der Waals surface area contributed by atoms with Crippen LogP contribution in [0.25, 0.3) is 10.4 Å². The Balaban J connectivity index is 0.00000208. The SMILES string of the molecule is CCOc1cc(-c2ccccc2)sc1C(=O)N1CCCNCC1.Cl. The van der Waals surface area contributed by atoms with Gasteiger partial charge in [-0.15, -0.1) is 23.7 Å². The third-order valence-corrected chi connectivity index (χ3v) is 5.03. The zero-order chi connectivity index (χ0) is 16.1. The molecule has 1 N–H and O–H groups in total. The molecule has 2 aromatic rings. The zero-order valence-electron chi connectivity index (χ0n) is 13.8. The van der Waals surface area contributed by atoms with Crippen molar-refractivity contribution in [3.05, 3.63) is 41.3 Å². The Labute approximate surface area is 153 Å². The normalized spacial score (nSPS) is 14.6. The highest BCUT2D eigenvalue weighted by molar-refractivity contribution is 7.17. The Morgan fingerprint density at radius 2 is 2.04 bits per heavy atom. The van der Waals surface area contributed by atoms with E-state index in [0.29, 0.717) is 17.2 Å². The maximum atomic E-state index is 12.9. The van der Waals surface area contributed by atoms with Crippen LogP contribution in [0.3, 0.4) is 0 Å². The molecule has 1 amide bonds. The van der Waals surface area contributed by atoms with Gasteiger partial charge in [0, 0.05) is 24.5 Å². The fraction of sp³-hybridized carbons (Fsp3) is 0.389. The second-order valence-corrected chi connectivity index (χ2v) is 6.55. The minimum atomic E-state index is 0. The van der Waals surface area contributed by atoms with Crippen LogP contribution in [0.5, 0.6) is 5.75 Å². The molecule has 0 aliphatic carbocycles. The van der Waals surface area contributed by atoms with E-state index in [1.807, 2.05) is 36.1 Å². The Bertz CT molecular complexity index is 652. The lowest BCUT2D eigenvalue weighted by atomic mass is 10.2. The first-order valence-corrected chi connectivity index (χ1v) is 8.93. The lowest BCUT2D eigenvalue weighted by molar-refractivity contribution is 0.0767. The molecule has 0 radical (unpaired) electrons. The first kappa shape index (κ1) is 18.8. The fourth-order valence-electron chi connectivity index (χ4n) is 2.72. The van der Waals surface area contributed by atoms with Gasteiger partial charge >= 0.3 is 0 Å². The molecule has 0 atom stereocenters. The standard InChI is InChI=1S/C18H22N2O2S.ClH/c1-2-22-15-13-16(14-7-4-3-5-8-14)23-17(15)18(21)20-11-6-9-19-10-12-20;/h3-5,7-8,13,19H,2,6,9-12H2,1H3;1H. The predicted octanol–water partition coefficient (Wildman–Crippen LogP) is 3.67. The van der Waals surface area contributed by atoms with Crippen LogP contribution in [0.15, 0.2) is 36.4 Å². The molecule has 1 aliphatic rings. The molecule has 1 aromatic carbocycles. The van der Waals surface area contributed by atoms with Crippen LogP contribution in [-0.4, -0.2) is 43.6 Å². The number of amides is 1. The number of ether oxygens (including phenoxy) is 1. The third-order valence-electron chi connectivity index (χ3n) is 3.88. The number of carbonyl (C=O) groups excluding carboxylic acids is 1. The minimum absolute atomic E-state index is 0. The van der Waals surface area contributed by atoms with Crippen molar-refractivity contribution < 1.29 is 9.53 Å². The van der Waals surface area contributed by atoms with Gasteiger partial charge in [-0.2, -0.15) is 0 Å². The summed E-state index contributed by atoms with van der Waals surface area (Å²) < 4.78 is 5.73. The molecule has 1 fully saturated rings. The van der Waals surface area contributed by atoms with Gasteiger partial charge in [0.2, 0.25) is 0 Å². The van der Waals surface area contributed by atoms with Crippen LogP contribution >= 0.6 is 23.7 Å². The number of nitrogens with zero attached hydrogens (tertiary/aromatic N) is 1. The molecule has 0 unspecified atom stereocenters. The summed E-state index contributed by atoms with van der Waals surface area (Å²) in [5.41, 5.74) is 1.12. The van der Waals surface area contributed by atoms with Gasteiger partial charge in [-0.25, -0.2) is 0 Å². The summed E-state index contributed by atoms with van der Waals surface area (Å²) in [6, 6.07) is 12.1. The maximum Gasteiger partial charge on any atom is 0.267 e. The first-order valence-electron chi connectivity index (χ1n) is 8.11. The van der Waals surface area contributed by atoms with E-state index in [1.54, 1.807) is 0 Å². The van der Waals surface area contributed by atoms with Crippen LogP contribution in [0.1, 0.15) is 23.0 Å².